The molecule has 1 aromatic carbocycles. The van der Waals surface area contributed by atoms with Gasteiger partial charge in [-0.3, -0.25) is 0 Å². The van der Waals surface area contributed by atoms with Crippen LogP contribution in [0.15, 0.2) is 28.7 Å². The topological polar surface area (TPSA) is 51.8 Å². The SMILES string of the molecule is CCc1nc(-c2ccc(C(F)(F)F)cc2)nc(N)c1Br. The molecule has 0 radical (unpaired) electrons. The standard InChI is InChI=1S/C13H11BrF3N3/c1-2-9-10(14)11(18)20-12(19-9)7-3-5-8(6-4-7)13(15,16)17/h3-6H,2H2,1H3,(H2,18,19,20). The number of anilines is 1. The predicted octanol–water partition coefficient (Wildman–Crippen LogP) is 4.07. The summed E-state index contributed by atoms with van der Waals surface area (Å²) in [7, 11) is 0. The van der Waals surface area contributed by atoms with Crippen LogP contribution in [0.3, 0.4) is 0 Å². The molecule has 3 nitrogen and oxygen atoms in total. The molecule has 0 fully saturated rings. The number of aryl methyl sites for hydroxylation is 1. The van der Waals surface area contributed by atoms with Crippen LogP contribution in [0.25, 0.3) is 11.4 Å². The van der Waals surface area contributed by atoms with E-state index in [0.29, 0.717) is 28.0 Å². The fraction of sp³-hybridized carbons (Fsp3) is 0.231. The van der Waals surface area contributed by atoms with E-state index in [1.165, 1.54) is 12.1 Å². The van der Waals surface area contributed by atoms with Crippen molar-refractivity contribution in [2.75, 3.05) is 5.73 Å². The number of nitrogens with two attached hydrogens (primary N) is 1. The maximum absolute atomic E-state index is 12.5. The molecule has 1 heterocycles. The number of hydrogen-bond acceptors (Lipinski definition) is 3. The lowest BCUT2D eigenvalue weighted by Crippen LogP contribution is -2.05. The van der Waals surface area contributed by atoms with E-state index in [1.54, 1.807) is 0 Å². The van der Waals surface area contributed by atoms with Crippen LogP contribution in [0.1, 0.15) is 18.2 Å². The molecule has 20 heavy (non-hydrogen) atoms. The first-order chi connectivity index (χ1) is 9.32. The summed E-state index contributed by atoms with van der Waals surface area (Å²) in [4.78, 5) is 8.38. The fourth-order valence-corrected chi connectivity index (χ4v) is 2.14. The van der Waals surface area contributed by atoms with Gasteiger partial charge in [-0.05, 0) is 34.5 Å². The van der Waals surface area contributed by atoms with E-state index in [0.717, 1.165) is 12.1 Å². The Labute approximate surface area is 122 Å². The normalized spacial score (nSPS) is 11.7. The number of benzene rings is 1. The summed E-state index contributed by atoms with van der Waals surface area (Å²) in [5.41, 5.74) is 6.26. The Hall–Kier alpha value is -1.63. The third-order valence-electron chi connectivity index (χ3n) is 2.75. The van der Waals surface area contributed by atoms with Crippen molar-refractivity contribution < 1.29 is 13.2 Å². The van der Waals surface area contributed by atoms with Gasteiger partial charge in [0.1, 0.15) is 5.82 Å². The summed E-state index contributed by atoms with van der Waals surface area (Å²) in [6, 6.07) is 4.68. The second kappa shape index (κ2) is 5.40. The molecule has 0 saturated carbocycles. The molecular weight excluding hydrogens is 335 g/mol. The van der Waals surface area contributed by atoms with Gasteiger partial charge in [-0.25, -0.2) is 9.97 Å². The van der Waals surface area contributed by atoms with Gasteiger partial charge in [0.15, 0.2) is 5.82 Å². The Morgan fingerprint density at radius 3 is 2.25 bits per heavy atom. The highest BCUT2D eigenvalue weighted by atomic mass is 79.9. The zero-order chi connectivity index (χ0) is 14.9. The first-order valence-electron chi connectivity index (χ1n) is 5.82. The van der Waals surface area contributed by atoms with Gasteiger partial charge >= 0.3 is 6.18 Å². The van der Waals surface area contributed by atoms with Crippen molar-refractivity contribution in [3.63, 3.8) is 0 Å². The minimum Gasteiger partial charge on any atom is -0.383 e. The van der Waals surface area contributed by atoms with Crippen molar-refractivity contribution in [3.05, 3.63) is 40.0 Å². The molecule has 0 atom stereocenters. The zero-order valence-electron chi connectivity index (χ0n) is 10.5. The minimum atomic E-state index is -4.35. The molecule has 0 saturated heterocycles. The largest absolute Gasteiger partial charge is 0.416 e. The second-order valence-corrected chi connectivity index (χ2v) is 4.91. The van der Waals surface area contributed by atoms with Crippen molar-refractivity contribution in [1.82, 2.24) is 9.97 Å². The highest BCUT2D eigenvalue weighted by Gasteiger charge is 2.30. The quantitative estimate of drug-likeness (QED) is 0.892. The third-order valence-corrected chi connectivity index (χ3v) is 3.61. The molecule has 0 unspecified atom stereocenters. The zero-order valence-corrected chi connectivity index (χ0v) is 12.1. The first kappa shape index (κ1) is 14.8. The van der Waals surface area contributed by atoms with Gasteiger partial charge in [0, 0.05) is 5.56 Å². The van der Waals surface area contributed by atoms with Crippen molar-refractivity contribution in [2.45, 2.75) is 19.5 Å². The maximum atomic E-state index is 12.5. The second-order valence-electron chi connectivity index (χ2n) is 4.12. The fourth-order valence-electron chi connectivity index (χ4n) is 1.68. The number of halogens is 4. The van der Waals surface area contributed by atoms with E-state index in [2.05, 4.69) is 25.9 Å². The Kier molecular flexibility index (Phi) is 3.99. The Morgan fingerprint density at radius 1 is 1.15 bits per heavy atom. The van der Waals surface area contributed by atoms with Crippen molar-refractivity contribution in [2.24, 2.45) is 0 Å². The molecular formula is C13H11BrF3N3. The van der Waals surface area contributed by atoms with Gasteiger partial charge in [-0.2, -0.15) is 13.2 Å². The molecule has 0 aliphatic carbocycles. The van der Waals surface area contributed by atoms with Gasteiger partial charge in [0.2, 0.25) is 0 Å². The molecule has 0 bridgehead atoms. The Morgan fingerprint density at radius 2 is 1.75 bits per heavy atom. The summed E-state index contributed by atoms with van der Waals surface area (Å²) in [6.07, 6.45) is -3.71. The van der Waals surface area contributed by atoms with Crippen LogP contribution in [0.2, 0.25) is 0 Å². The summed E-state index contributed by atoms with van der Waals surface area (Å²) in [6.45, 7) is 1.91. The number of hydrogen-bond donors (Lipinski definition) is 1. The maximum Gasteiger partial charge on any atom is 0.416 e. The van der Waals surface area contributed by atoms with E-state index in [1.807, 2.05) is 6.92 Å². The van der Waals surface area contributed by atoms with E-state index in [-0.39, 0.29) is 5.82 Å². The highest BCUT2D eigenvalue weighted by Crippen LogP contribution is 2.31. The molecule has 2 rings (SSSR count). The van der Waals surface area contributed by atoms with Crippen LogP contribution in [0, 0.1) is 0 Å². The van der Waals surface area contributed by atoms with Gasteiger partial charge in [0.05, 0.1) is 15.7 Å². The number of nitrogens with zero attached hydrogens (tertiary/aromatic N) is 2. The van der Waals surface area contributed by atoms with Crippen molar-refractivity contribution in [1.29, 1.82) is 0 Å². The molecule has 1 aromatic heterocycles. The molecule has 0 aliphatic rings. The summed E-state index contributed by atoms with van der Waals surface area (Å²) < 4.78 is 38.1. The van der Waals surface area contributed by atoms with Crippen LogP contribution in [-0.4, -0.2) is 9.97 Å². The van der Waals surface area contributed by atoms with Gasteiger partial charge in [0.25, 0.3) is 0 Å². The average molecular weight is 346 g/mol. The minimum absolute atomic E-state index is 0.270. The molecule has 0 spiro atoms. The smallest absolute Gasteiger partial charge is 0.383 e. The Balaban J connectivity index is 2.44. The van der Waals surface area contributed by atoms with E-state index in [4.69, 9.17) is 5.73 Å². The van der Waals surface area contributed by atoms with E-state index < -0.39 is 11.7 Å². The summed E-state index contributed by atoms with van der Waals surface area (Å²) >= 11 is 3.29. The molecule has 0 aliphatic heterocycles. The van der Waals surface area contributed by atoms with Gasteiger partial charge < -0.3 is 5.73 Å². The van der Waals surface area contributed by atoms with E-state index in [9.17, 15) is 13.2 Å². The molecule has 7 heteroatoms. The summed E-state index contributed by atoms with van der Waals surface area (Å²) in [5.74, 6) is 0.586. The van der Waals surface area contributed by atoms with Crippen LogP contribution in [0.5, 0.6) is 0 Å². The monoisotopic (exact) mass is 345 g/mol. The predicted molar refractivity (Wildman–Crippen MR) is 74.0 cm³/mol. The van der Waals surface area contributed by atoms with Crippen molar-refractivity contribution >= 4 is 21.7 Å². The number of aromatic nitrogens is 2. The van der Waals surface area contributed by atoms with Crippen LogP contribution in [0.4, 0.5) is 19.0 Å². The average Bonchev–Trinajstić information content (AvgIpc) is 2.41. The molecule has 2 N–H and O–H groups in total. The number of nitrogen functional groups attached to an aromatic ring is 1. The molecule has 106 valence electrons. The number of alkyl halides is 3. The lowest BCUT2D eigenvalue weighted by Gasteiger charge is -2.09. The van der Waals surface area contributed by atoms with Gasteiger partial charge in [-0.15, -0.1) is 0 Å². The van der Waals surface area contributed by atoms with E-state index >= 15 is 0 Å². The summed E-state index contributed by atoms with van der Waals surface area (Å²) in [5, 5.41) is 0. The van der Waals surface area contributed by atoms with Crippen LogP contribution < -0.4 is 5.73 Å². The Bertz CT molecular complexity index is 624. The van der Waals surface area contributed by atoms with Crippen LogP contribution in [-0.2, 0) is 12.6 Å². The lowest BCUT2D eigenvalue weighted by atomic mass is 10.1. The highest BCUT2D eigenvalue weighted by molar-refractivity contribution is 9.10. The van der Waals surface area contributed by atoms with Gasteiger partial charge in [-0.1, -0.05) is 19.1 Å². The first-order valence-corrected chi connectivity index (χ1v) is 6.61. The van der Waals surface area contributed by atoms with Crippen molar-refractivity contribution in [3.8, 4) is 11.4 Å². The molecule has 2 aromatic rings. The molecule has 0 amide bonds. The van der Waals surface area contributed by atoms with Crippen LogP contribution >= 0.6 is 15.9 Å². The number of rotatable bonds is 2. The third kappa shape index (κ3) is 2.92. The lowest BCUT2D eigenvalue weighted by molar-refractivity contribution is -0.137.